The van der Waals surface area contributed by atoms with E-state index in [1.54, 1.807) is 12.4 Å². The monoisotopic (exact) mass is 368 g/mol. The molecule has 6 nitrogen and oxygen atoms in total. The van der Waals surface area contributed by atoms with Crippen LogP contribution in [0.25, 0.3) is 22.5 Å². The summed E-state index contributed by atoms with van der Waals surface area (Å²) >= 11 is 0. The van der Waals surface area contributed by atoms with Crippen LogP contribution in [0.4, 0.5) is 5.95 Å². The fraction of sp³-hybridized carbons (Fsp3) is 0.182. The van der Waals surface area contributed by atoms with Crippen molar-refractivity contribution in [2.24, 2.45) is 0 Å². The first-order valence-corrected chi connectivity index (χ1v) is 9.41. The molecule has 0 amide bonds. The van der Waals surface area contributed by atoms with Gasteiger partial charge in [-0.3, -0.25) is 5.10 Å². The Labute approximate surface area is 162 Å². The van der Waals surface area contributed by atoms with Crippen molar-refractivity contribution < 1.29 is 0 Å². The summed E-state index contributed by atoms with van der Waals surface area (Å²) in [6, 6.07) is 18.6. The molecule has 28 heavy (non-hydrogen) atoms. The number of anilines is 1. The van der Waals surface area contributed by atoms with Crippen molar-refractivity contribution in [3.8, 4) is 22.5 Å². The van der Waals surface area contributed by atoms with Crippen LogP contribution < -0.4 is 5.73 Å². The lowest BCUT2D eigenvalue weighted by Gasteiger charge is -2.40. The maximum Gasteiger partial charge on any atom is 0.219 e. The zero-order valence-electron chi connectivity index (χ0n) is 15.3. The van der Waals surface area contributed by atoms with Crippen molar-refractivity contribution in [1.29, 1.82) is 0 Å². The SMILES string of the molecule is Nc1ncc(-c2ccc(C3(c4nc(-c5ccccc5)n[nH]4)CCC3)cc2)cn1. The van der Waals surface area contributed by atoms with E-state index in [-0.39, 0.29) is 11.4 Å². The van der Waals surface area contributed by atoms with Crippen molar-refractivity contribution in [3.63, 3.8) is 0 Å². The Hall–Kier alpha value is -3.54. The molecule has 1 aliphatic rings. The molecule has 2 heterocycles. The Bertz CT molecular complexity index is 1080. The number of rotatable bonds is 4. The highest BCUT2D eigenvalue weighted by Crippen LogP contribution is 2.48. The number of hydrogen-bond donors (Lipinski definition) is 2. The summed E-state index contributed by atoms with van der Waals surface area (Å²) in [6.45, 7) is 0. The van der Waals surface area contributed by atoms with Gasteiger partial charge in [-0.2, -0.15) is 5.10 Å². The van der Waals surface area contributed by atoms with E-state index in [2.05, 4.69) is 44.4 Å². The number of nitrogens with zero attached hydrogens (tertiary/aromatic N) is 4. The van der Waals surface area contributed by atoms with E-state index >= 15 is 0 Å². The molecule has 138 valence electrons. The maximum atomic E-state index is 5.58. The van der Waals surface area contributed by atoms with Gasteiger partial charge in [0.05, 0.1) is 5.41 Å². The van der Waals surface area contributed by atoms with E-state index in [0.717, 1.165) is 41.2 Å². The summed E-state index contributed by atoms with van der Waals surface area (Å²) < 4.78 is 0. The maximum absolute atomic E-state index is 5.58. The third kappa shape index (κ3) is 2.74. The molecule has 0 bridgehead atoms. The third-order valence-corrected chi connectivity index (χ3v) is 5.62. The normalized spacial score (nSPS) is 15.1. The van der Waals surface area contributed by atoms with Crippen molar-refractivity contribution in [3.05, 3.63) is 78.4 Å². The van der Waals surface area contributed by atoms with Crippen LogP contribution >= 0.6 is 0 Å². The van der Waals surface area contributed by atoms with E-state index in [1.807, 2.05) is 30.3 Å². The van der Waals surface area contributed by atoms with Crippen LogP contribution in [0.3, 0.4) is 0 Å². The van der Waals surface area contributed by atoms with Crippen LogP contribution in [-0.2, 0) is 5.41 Å². The summed E-state index contributed by atoms with van der Waals surface area (Å²) in [5.41, 5.74) is 9.80. The molecule has 0 radical (unpaired) electrons. The minimum absolute atomic E-state index is 0.0871. The van der Waals surface area contributed by atoms with E-state index in [1.165, 1.54) is 12.0 Å². The smallest absolute Gasteiger partial charge is 0.219 e. The van der Waals surface area contributed by atoms with Gasteiger partial charge in [-0.1, -0.05) is 61.0 Å². The Morgan fingerprint density at radius 2 is 1.54 bits per heavy atom. The standard InChI is InChI=1S/C22H20N6/c23-21-24-13-17(14-25-21)15-7-9-18(10-8-15)22(11-4-12-22)20-26-19(27-28-20)16-5-2-1-3-6-16/h1-3,5-10,13-14H,4,11-12H2,(H2,23,24,25)(H,26,27,28). The molecule has 5 rings (SSSR count). The Morgan fingerprint density at radius 1 is 0.821 bits per heavy atom. The number of nitrogens with two attached hydrogens (primary N) is 1. The molecule has 1 aliphatic carbocycles. The van der Waals surface area contributed by atoms with Gasteiger partial charge >= 0.3 is 0 Å². The zero-order chi connectivity index (χ0) is 19.0. The van der Waals surface area contributed by atoms with Gasteiger partial charge in [-0.25, -0.2) is 15.0 Å². The summed E-state index contributed by atoms with van der Waals surface area (Å²) in [5, 5.41) is 7.67. The minimum Gasteiger partial charge on any atom is -0.368 e. The molecule has 0 saturated heterocycles. The lowest BCUT2D eigenvalue weighted by molar-refractivity contribution is 0.286. The second-order valence-electron chi connectivity index (χ2n) is 7.22. The predicted molar refractivity (Wildman–Crippen MR) is 108 cm³/mol. The number of benzene rings is 2. The van der Waals surface area contributed by atoms with Crippen LogP contribution in [0, 0.1) is 0 Å². The first-order valence-electron chi connectivity index (χ1n) is 9.41. The summed E-state index contributed by atoms with van der Waals surface area (Å²) in [5.74, 6) is 1.98. The molecule has 6 heteroatoms. The number of aromatic amines is 1. The van der Waals surface area contributed by atoms with Crippen molar-refractivity contribution in [1.82, 2.24) is 25.1 Å². The average Bonchev–Trinajstić information content (AvgIpc) is 3.19. The van der Waals surface area contributed by atoms with Gasteiger partial charge in [0.15, 0.2) is 5.82 Å². The van der Waals surface area contributed by atoms with Gasteiger partial charge in [0.25, 0.3) is 0 Å². The minimum atomic E-state index is -0.0871. The largest absolute Gasteiger partial charge is 0.368 e. The Morgan fingerprint density at radius 3 is 2.18 bits per heavy atom. The predicted octanol–water partition coefficient (Wildman–Crippen LogP) is 3.98. The molecular formula is C22H20N6. The van der Waals surface area contributed by atoms with E-state index in [0.29, 0.717) is 0 Å². The zero-order valence-corrected chi connectivity index (χ0v) is 15.3. The number of hydrogen-bond acceptors (Lipinski definition) is 5. The molecule has 0 unspecified atom stereocenters. The summed E-state index contributed by atoms with van der Waals surface area (Å²) in [4.78, 5) is 13.0. The van der Waals surface area contributed by atoms with Crippen molar-refractivity contribution >= 4 is 5.95 Å². The highest BCUT2D eigenvalue weighted by atomic mass is 15.2. The lowest BCUT2D eigenvalue weighted by Crippen LogP contribution is -2.36. The molecule has 0 spiro atoms. The van der Waals surface area contributed by atoms with Crippen LogP contribution in [0.1, 0.15) is 30.7 Å². The van der Waals surface area contributed by atoms with E-state index in [9.17, 15) is 0 Å². The van der Waals surface area contributed by atoms with Gasteiger partial charge in [0.2, 0.25) is 5.95 Å². The average molecular weight is 368 g/mol. The highest BCUT2D eigenvalue weighted by molar-refractivity contribution is 5.63. The van der Waals surface area contributed by atoms with Crippen LogP contribution in [-0.4, -0.2) is 25.1 Å². The second-order valence-corrected chi connectivity index (χ2v) is 7.22. The summed E-state index contributed by atoms with van der Waals surface area (Å²) in [6.07, 6.45) is 6.83. The number of nitrogens with one attached hydrogen (secondary N) is 1. The summed E-state index contributed by atoms with van der Waals surface area (Å²) in [7, 11) is 0. The molecule has 4 aromatic rings. The van der Waals surface area contributed by atoms with Crippen molar-refractivity contribution in [2.75, 3.05) is 5.73 Å². The van der Waals surface area contributed by atoms with Crippen LogP contribution in [0.5, 0.6) is 0 Å². The molecule has 0 atom stereocenters. The molecule has 0 aliphatic heterocycles. The van der Waals surface area contributed by atoms with E-state index in [4.69, 9.17) is 10.7 Å². The molecular weight excluding hydrogens is 348 g/mol. The first kappa shape index (κ1) is 16.6. The fourth-order valence-electron chi connectivity index (χ4n) is 3.85. The van der Waals surface area contributed by atoms with Gasteiger partial charge in [-0.05, 0) is 24.0 Å². The lowest BCUT2D eigenvalue weighted by atomic mass is 9.64. The van der Waals surface area contributed by atoms with Gasteiger partial charge in [-0.15, -0.1) is 0 Å². The van der Waals surface area contributed by atoms with Crippen LogP contribution in [0.15, 0.2) is 67.0 Å². The number of H-pyrrole nitrogens is 1. The van der Waals surface area contributed by atoms with Crippen molar-refractivity contribution in [2.45, 2.75) is 24.7 Å². The molecule has 1 fully saturated rings. The number of aromatic nitrogens is 5. The fourth-order valence-corrected chi connectivity index (χ4v) is 3.85. The van der Waals surface area contributed by atoms with Gasteiger partial charge in [0.1, 0.15) is 5.82 Å². The highest BCUT2D eigenvalue weighted by Gasteiger charge is 2.43. The molecule has 1 saturated carbocycles. The second kappa shape index (κ2) is 6.56. The molecule has 2 aromatic carbocycles. The van der Waals surface area contributed by atoms with Gasteiger partial charge in [0, 0.05) is 23.5 Å². The van der Waals surface area contributed by atoms with Crippen LogP contribution in [0.2, 0.25) is 0 Å². The quantitative estimate of drug-likeness (QED) is 0.568. The Kier molecular flexibility index (Phi) is 3.90. The topological polar surface area (TPSA) is 93.4 Å². The van der Waals surface area contributed by atoms with Gasteiger partial charge < -0.3 is 5.73 Å². The molecule has 2 aromatic heterocycles. The Balaban J connectivity index is 1.47. The molecule has 3 N–H and O–H groups in total. The number of nitrogen functional groups attached to an aromatic ring is 1. The van der Waals surface area contributed by atoms with E-state index < -0.39 is 0 Å². The third-order valence-electron chi connectivity index (χ3n) is 5.62. The first-order chi connectivity index (χ1) is 13.7.